The molecule has 0 aliphatic rings. The van der Waals surface area contributed by atoms with Crippen molar-refractivity contribution in [2.75, 3.05) is 13.2 Å². The van der Waals surface area contributed by atoms with Crippen LogP contribution in [-0.4, -0.2) is 24.2 Å². The molecule has 0 radical (unpaired) electrons. The zero-order valence-electron chi connectivity index (χ0n) is 11.5. The highest BCUT2D eigenvalue weighted by Gasteiger charge is 2.20. The van der Waals surface area contributed by atoms with E-state index < -0.39 is 5.97 Å². The third kappa shape index (κ3) is 3.43. The predicted octanol–water partition coefficient (Wildman–Crippen LogP) is 3.45. The normalized spacial score (nSPS) is 12.1. The summed E-state index contributed by atoms with van der Waals surface area (Å²) in [6.45, 7) is 4.64. The van der Waals surface area contributed by atoms with Gasteiger partial charge in [0.05, 0.1) is 6.61 Å². The molecule has 5 heteroatoms. The lowest BCUT2D eigenvalue weighted by atomic mass is 10.1. The third-order valence-electron chi connectivity index (χ3n) is 2.67. The Morgan fingerprint density at radius 3 is 2.65 bits per heavy atom. The first-order chi connectivity index (χ1) is 9.76. The Morgan fingerprint density at radius 1 is 1.25 bits per heavy atom. The van der Waals surface area contributed by atoms with E-state index in [1.807, 2.05) is 37.3 Å². The van der Waals surface area contributed by atoms with Gasteiger partial charge in [-0.25, -0.2) is 9.78 Å². The lowest BCUT2D eigenvalue weighted by Gasteiger charge is -2.14. The van der Waals surface area contributed by atoms with Crippen LogP contribution in [0.5, 0.6) is 0 Å². The second-order valence-corrected chi connectivity index (χ2v) is 4.93. The molecule has 0 amide bonds. The first-order valence-corrected chi connectivity index (χ1v) is 7.43. The molecule has 0 fully saturated rings. The molecule has 0 bridgehead atoms. The smallest absolute Gasteiger partial charge is 0.357 e. The van der Waals surface area contributed by atoms with Crippen LogP contribution < -0.4 is 0 Å². The zero-order valence-corrected chi connectivity index (χ0v) is 12.4. The number of ether oxygens (including phenoxy) is 2. The van der Waals surface area contributed by atoms with Gasteiger partial charge in [0.1, 0.15) is 11.1 Å². The van der Waals surface area contributed by atoms with Crippen molar-refractivity contribution in [2.24, 2.45) is 0 Å². The molecule has 0 N–H and O–H groups in total. The van der Waals surface area contributed by atoms with E-state index in [0.717, 1.165) is 10.6 Å². The number of thiazole rings is 1. The topological polar surface area (TPSA) is 48.4 Å². The second kappa shape index (κ2) is 7.17. The summed E-state index contributed by atoms with van der Waals surface area (Å²) >= 11 is 1.41. The lowest BCUT2D eigenvalue weighted by molar-refractivity contribution is 0.0518. The van der Waals surface area contributed by atoms with E-state index in [9.17, 15) is 4.79 Å². The summed E-state index contributed by atoms with van der Waals surface area (Å²) in [5.74, 6) is -0.390. The summed E-state index contributed by atoms with van der Waals surface area (Å²) in [6, 6.07) is 9.86. The number of aromatic nitrogens is 1. The van der Waals surface area contributed by atoms with Crippen molar-refractivity contribution in [1.82, 2.24) is 4.98 Å². The van der Waals surface area contributed by atoms with Crippen LogP contribution >= 0.6 is 11.3 Å². The molecule has 4 nitrogen and oxygen atoms in total. The van der Waals surface area contributed by atoms with Crippen LogP contribution in [0.3, 0.4) is 0 Å². The average Bonchev–Trinajstić information content (AvgIpc) is 2.95. The summed E-state index contributed by atoms with van der Waals surface area (Å²) in [6.07, 6.45) is -0.241. The first kappa shape index (κ1) is 14.7. The fraction of sp³-hybridized carbons (Fsp3) is 0.333. The van der Waals surface area contributed by atoms with Crippen molar-refractivity contribution in [3.05, 3.63) is 52.0 Å². The fourth-order valence-corrected chi connectivity index (χ4v) is 2.67. The number of benzene rings is 1. The maximum Gasteiger partial charge on any atom is 0.357 e. The fourth-order valence-electron chi connectivity index (χ4n) is 1.81. The first-order valence-electron chi connectivity index (χ1n) is 6.55. The minimum absolute atomic E-state index is 0.241. The van der Waals surface area contributed by atoms with Gasteiger partial charge in [-0.2, -0.15) is 0 Å². The van der Waals surface area contributed by atoms with E-state index in [-0.39, 0.29) is 6.10 Å². The molecule has 2 aromatic rings. The van der Waals surface area contributed by atoms with Crippen LogP contribution in [0.2, 0.25) is 0 Å². The van der Waals surface area contributed by atoms with Crippen molar-refractivity contribution >= 4 is 17.3 Å². The van der Waals surface area contributed by atoms with E-state index in [1.165, 1.54) is 11.3 Å². The van der Waals surface area contributed by atoms with Crippen LogP contribution in [0.15, 0.2) is 35.7 Å². The van der Waals surface area contributed by atoms with Crippen LogP contribution in [0.25, 0.3) is 0 Å². The lowest BCUT2D eigenvalue weighted by Crippen LogP contribution is -2.08. The maximum absolute atomic E-state index is 11.7. The molecule has 1 heterocycles. The Balaban J connectivity index is 2.24. The second-order valence-electron chi connectivity index (χ2n) is 4.04. The van der Waals surface area contributed by atoms with Crippen molar-refractivity contribution in [2.45, 2.75) is 20.0 Å². The molecule has 20 heavy (non-hydrogen) atoms. The van der Waals surface area contributed by atoms with Gasteiger partial charge in [0.2, 0.25) is 0 Å². The summed E-state index contributed by atoms with van der Waals surface area (Å²) in [5, 5.41) is 2.48. The Kier molecular flexibility index (Phi) is 5.26. The summed E-state index contributed by atoms with van der Waals surface area (Å²) < 4.78 is 10.7. The Hall–Kier alpha value is -1.72. The van der Waals surface area contributed by atoms with Crippen molar-refractivity contribution in [3.8, 4) is 0 Å². The molecule has 2 rings (SSSR count). The van der Waals surface area contributed by atoms with E-state index in [2.05, 4.69) is 4.98 Å². The third-order valence-corrected chi connectivity index (χ3v) is 3.55. The highest BCUT2D eigenvalue weighted by molar-refractivity contribution is 7.09. The minimum atomic E-state index is -0.390. The molecule has 1 aromatic heterocycles. The molecule has 1 aromatic carbocycles. The van der Waals surface area contributed by atoms with Crippen LogP contribution in [-0.2, 0) is 9.47 Å². The van der Waals surface area contributed by atoms with Crippen molar-refractivity contribution in [3.63, 3.8) is 0 Å². The number of rotatable bonds is 6. The quantitative estimate of drug-likeness (QED) is 0.765. The summed E-state index contributed by atoms with van der Waals surface area (Å²) in [7, 11) is 0. The Labute approximate surface area is 122 Å². The standard InChI is InChI=1S/C15H17NO3S/c1-3-18-13(11-8-6-5-7-9-11)14-16-12(10-20-14)15(17)19-4-2/h5-10,13H,3-4H2,1-2H3. The number of carbonyl (C=O) groups is 1. The van der Waals surface area contributed by atoms with Gasteiger partial charge in [-0.1, -0.05) is 30.3 Å². The van der Waals surface area contributed by atoms with Crippen LogP contribution in [0.1, 0.15) is 41.0 Å². The molecule has 0 aliphatic heterocycles. The van der Waals surface area contributed by atoms with E-state index in [4.69, 9.17) is 9.47 Å². The van der Waals surface area contributed by atoms with Gasteiger partial charge < -0.3 is 9.47 Å². The Bertz CT molecular complexity index is 553. The monoisotopic (exact) mass is 291 g/mol. The molecular formula is C15H17NO3S. The average molecular weight is 291 g/mol. The van der Waals surface area contributed by atoms with E-state index in [0.29, 0.717) is 18.9 Å². The molecule has 1 atom stereocenters. The minimum Gasteiger partial charge on any atom is -0.461 e. The van der Waals surface area contributed by atoms with Gasteiger partial charge >= 0.3 is 5.97 Å². The largest absolute Gasteiger partial charge is 0.461 e. The molecule has 0 saturated heterocycles. The molecule has 1 unspecified atom stereocenters. The van der Waals surface area contributed by atoms with Gasteiger partial charge in [-0.05, 0) is 19.4 Å². The predicted molar refractivity (Wildman–Crippen MR) is 78.0 cm³/mol. The molecule has 0 aliphatic carbocycles. The van der Waals surface area contributed by atoms with Crippen LogP contribution in [0.4, 0.5) is 0 Å². The van der Waals surface area contributed by atoms with Gasteiger partial charge in [-0.15, -0.1) is 11.3 Å². The number of hydrogen-bond donors (Lipinski definition) is 0. The summed E-state index contributed by atoms with van der Waals surface area (Å²) in [5.41, 5.74) is 1.37. The molecule has 0 spiro atoms. The summed E-state index contributed by atoms with van der Waals surface area (Å²) in [4.78, 5) is 16.0. The molecule has 0 saturated carbocycles. The van der Waals surface area contributed by atoms with Gasteiger partial charge in [0.15, 0.2) is 5.69 Å². The van der Waals surface area contributed by atoms with Gasteiger partial charge in [0.25, 0.3) is 0 Å². The maximum atomic E-state index is 11.7. The van der Waals surface area contributed by atoms with Crippen LogP contribution in [0, 0.1) is 0 Å². The van der Waals surface area contributed by atoms with Gasteiger partial charge in [0, 0.05) is 12.0 Å². The number of hydrogen-bond acceptors (Lipinski definition) is 5. The highest BCUT2D eigenvalue weighted by Crippen LogP contribution is 2.28. The molecule has 106 valence electrons. The highest BCUT2D eigenvalue weighted by atomic mass is 32.1. The van der Waals surface area contributed by atoms with Crippen molar-refractivity contribution < 1.29 is 14.3 Å². The Morgan fingerprint density at radius 2 is 2.00 bits per heavy atom. The number of nitrogens with zero attached hydrogens (tertiary/aromatic N) is 1. The SMILES string of the molecule is CCOC(=O)c1csc(C(OCC)c2ccccc2)n1. The van der Waals surface area contributed by atoms with Crippen molar-refractivity contribution in [1.29, 1.82) is 0 Å². The van der Waals surface area contributed by atoms with E-state index in [1.54, 1.807) is 12.3 Å². The number of esters is 1. The molecular weight excluding hydrogens is 274 g/mol. The zero-order chi connectivity index (χ0) is 14.4. The number of carbonyl (C=O) groups excluding carboxylic acids is 1. The van der Waals surface area contributed by atoms with E-state index >= 15 is 0 Å². The van der Waals surface area contributed by atoms with Gasteiger partial charge in [-0.3, -0.25) is 0 Å².